The van der Waals surface area contributed by atoms with Crippen molar-refractivity contribution < 1.29 is 9.59 Å². The number of nitrogens with zero attached hydrogens (tertiary/aromatic N) is 2. The van der Waals surface area contributed by atoms with Crippen LogP contribution in [0.15, 0.2) is 42.6 Å². The average Bonchev–Trinajstić information content (AvgIpc) is 3.02. The van der Waals surface area contributed by atoms with E-state index in [1.54, 1.807) is 12.1 Å². The Kier molecular flexibility index (Phi) is 5.72. The summed E-state index contributed by atoms with van der Waals surface area (Å²) in [7, 11) is 0. The van der Waals surface area contributed by atoms with Gasteiger partial charge in [0.15, 0.2) is 0 Å². The van der Waals surface area contributed by atoms with E-state index in [9.17, 15) is 9.59 Å². The zero-order valence-corrected chi connectivity index (χ0v) is 15.2. The van der Waals surface area contributed by atoms with E-state index in [0.29, 0.717) is 24.5 Å². The number of pyridine rings is 1. The van der Waals surface area contributed by atoms with Gasteiger partial charge in [-0.3, -0.25) is 9.59 Å². The smallest absolute Gasteiger partial charge is 0.253 e. The normalized spacial score (nSPS) is 16.1. The second-order valence-electron chi connectivity index (χ2n) is 6.55. The SMILES string of the molecule is C#CCNC(=O)c1ccc(NC2CCN(Cc3ccc(C)cc3)C2=O)nc1. The molecule has 0 bridgehead atoms. The summed E-state index contributed by atoms with van der Waals surface area (Å²) in [5, 5.41) is 5.74. The van der Waals surface area contributed by atoms with Crippen LogP contribution < -0.4 is 10.6 Å². The maximum absolute atomic E-state index is 12.6. The minimum Gasteiger partial charge on any atom is -0.358 e. The third kappa shape index (κ3) is 4.64. The van der Waals surface area contributed by atoms with E-state index in [0.717, 1.165) is 12.0 Å². The lowest BCUT2D eigenvalue weighted by Gasteiger charge is -2.17. The van der Waals surface area contributed by atoms with Crippen molar-refractivity contribution in [2.75, 3.05) is 18.4 Å². The Morgan fingerprint density at radius 1 is 1.30 bits per heavy atom. The van der Waals surface area contributed by atoms with E-state index in [1.165, 1.54) is 11.8 Å². The summed E-state index contributed by atoms with van der Waals surface area (Å²) in [5.74, 6) is 2.71. The van der Waals surface area contributed by atoms with Crippen LogP contribution in [0.4, 0.5) is 5.82 Å². The molecule has 27 heavy (non-hydrogen) atoms. The fourth-order valence-electron chi connectivity index (χ4n) is 2.97. The third-order valence-corrected chi connectivity index (χ3v) is 4.49. The van der Waals surface area contributed by atoms with Crippen LogP contribution in [-0.4, -0.2) is 40.8 Å². The number of hydrogen-bond donors (Lipinski definition) is 2. The van der Waals surface area contributed by atoms with Gasteiger partial charge in [-0.05, 0) is 31.0 Å². The molecule has 0 spiro atoms. The van der Waals surface area contributed by atoms with Gasteiger partial charge in [0.1, 0.15) is 11.9 Å². The van der Waals surface area contributed by atoms with Crippen molar-refractivity contribution in [1.82, 2.24) is 15.2 Å². The van der Waals surface area contributed by atoms with Gasteiger partial charge in [-0.25, -0.2) is 4.98 Å². The predicted molar refractivity (Wildman–Crippen MR) is 104 cm³/mol. The van der Waals surface area contributed by atoms with Gasteiger partial charge in [0.2, 0.25) is 5.91 Å². The van der Waals surface area contributed by atoms with Crippen molar-refractivity contribution in [2.24, 2.45) is 0 Å². The van der Waals surface area contributed by atoms with Gasteiger partial charge >= 0.3 is 0 Å². The van der Waals surface area contributed by atoms with Crippen LogP contribution in [0.2, 0.25) is 0 Å². The Balaban J connectivity index is 1.57. The number of aryl methyl sites for hydroxylation is 1. The highest BCUT2D eigenvalue weighted by Crippen LogP contribution is 2.19. The second-order valence-corrected chi connectivity index (χ2v) is 6.55. The first-order valence-corrected chi connectivity index (χ1v) is 8.85. The predicted octanol–water partition coefficient (Wildman–Crippen LogP) is 1.97. The van der Waals surface area contributed by atoms with E-state index in [2.05, 4.69) is 45.8 Å². The van der Waals surface area contributed by atoms with Crippen LogP contribution in [-0.2, 0) is 11.3 Å². The number of amides is 2. The van der Waals surface area contributed by atoms with Crippen LogP contribution in [0.3, 0.4) is 0 Å². The van der Waals surface area contributed by atoms with Gasteiger partial charge in [-0.1, -0.05) is 35.7 Å². The fourth-order valence-corrected chi connectivity index (χ4v) is 2.97. The van der Waals surface area contributed by atoms with Gasteiger partial charge in [-0.2, -0.15) is 0 Å². The molecule has 2 N–H and O–H groups in total. The van der Waals surface area contributed by atoms with Crippen LogP contribution in [0, 0.1) is 19.3 Å². The molecule has 1 unspecified atom stereocenters. The van der Waals surface area contributed by atoms with Gasteiger partial charge < -0.3 is 15.5 Å². The molecule has 3 rings (SSSR count). The lowest BCUT2D eigenvalue weighted by Crippen LogP contribution is -2.33. The highest BCUT2D eigenvalue weighted by molar-refractivity contribution is 5.94. The highest BCUT2D eigenvalue weighted by atomic mass is 16.2. The van der Waals surface area contributed by atoms with Crippen molar-refractivity contribution in [3.8, 4) is 12.3 Å². The van der Waals surface area contributed by atoms with Gasteiger partial charge in [-0.15, -0.1) is 6.42 Å². The molecule has 0 radical (unpaired) electrons. The molecule has 138 valence electrons. The number of carbonyl (C=O) groups is 2. The molecule has 1 fully saturated rings. The quantitative estimate of drug-likeness (QED) is 0.771. The number of nitrogens with one attached hydrogen (secondary N) is 2. The molecule has 1 saturated heterocycles. The number of carbonyl (C=O) groups excluding carboxylic acids is 2. The number of benzene rings is 1. The van der Waals surface area contributed by atoms with Crippen molar-refractivity contribution in [2.45, 2.75) is 25.9 Å². The van der Waals surface area contributed by atoms with E-state index in [-0.39, 0.29) is 24.4 Å². The zero-order chi connectivity index (χ0) is 19.2. The highest BCUT2D eigenvalue weighted by Gasteiger charge is 2.31. The summed E-state index contributed by atoms with van der Waals surface area (Å²) in [6.07, 6.45) is 7.31. The Bertz CT molecular complexity index is 853. The van der Waals surface area contributed by atoms with Crippen LogP contribution in [0.5, 0.6) is 0 Å². The Morgan fingerprint density at radius 3 is 2.74 bits per heavy atom. The van der Waals surface area contributed by atoms with Gasteiger partial charge in [0.25, 0.3) is 5.91 Å². The van der Waals surface area contributed by atoms with Crippen molar-refractivity contribution in [3.05, 3.63) is 59.3 Å². The Hall–Kier alpha value is -3.33. The van der Waals surface area contributed by atoms with E-state index >= 15 is 0 Å². The van der Waals surface area contributed by atoms with Gasteiger partial charge in [0.05, 0.1) is 12.1 Å². The van der Waals surface area contributed by atoms with Crippen molar-refractivity contribution in [1.29, 1.82) is 0 Å². The zero-order valence-electron chi connectivity index (χ0n) is 15.2. The molecular formula is C21H22N4O2. The summed E-state index contributed by atoms with van der Waals surface area (Å²) in [5.41, 5.74) is 2.75. The molecule has 1 aromatic heterocycles. The molecule has 1 aliphatic heterocycles. The van der Waals surface area contributed by atoms with E-state index in [1.807, 2.05) is 11.8 Å². The lowest BCUT2D eigenvalue weighted by atomic mass is 10.1. The van der Waals surface area contributed by atoms with Gasteiger partial charge in [0, 0.05) is 19.3 Å². The molecule has 1 aliphatic rings. The molecule has 0 aliphatic carbocycles. The summed E-state index contributed by atoms with van der Waals surface area (Å²) in [4.78, 5) is 30.5. The summed E-state index contributed by atoms with van der Waals surface area (Å²) < 4.78 is 0. The van der Waals surface area contributed by atoms with E-state index < -0.39 is 0 Å². The third-order valence-electron chi connectivity index (χ3n) is 4.49. The molecule has 6 nitrogen and oxygen atoms in total. The lowest BCUT2D eigenvalue weighted by molar-refractivity contribution is -0.128. The molecule has 0 saturated carbocycles. The maximum atomic E-state index is 12.6. The first kappa shape index (κ1) is 18.5. The van der Waals surface area contributed by atoms with Crippen LogP contribution in [0.25, 0.3) is 0 Å². The summed E-state index contributed by atoms with van der Waals surface area (Å²) in [6, 6.07) is 11.3. The minimum atomic E-state index is -0.302. The monoisotopic (exact) mass is 362 g/mol. The number of terminal acetylenes is 1. The molecule has 6 heteroatoms. The van der Waals surface area contributed by atoms with Crippen molar-refractivity contribution >= 4 is 17.6 Å². The number of likely N-dealkylation sites (tertiary alicyclic amines) is 1. The van der Waals surface area contributed by atoms with E-state index in [4.69, 9.17) is 6.42 Å². The molecule has 2 heterocycles. The first-order chi connectivity index (χ1) is 13.1. The standard InChI is InChI=1S/C21H22N4O2/c1-3-11-22-20(26)17-8-9-19(23-13-17)24-18-10-12-25(21(18)27)14-16-6-4-15(2)5-7-16/h1,4-9,13,18H,10-12,14H2,2H3,(H,22,26)(H,23,24). The van der Waals surface area contributed by atoms with Crippen molar-refractivity contribution in [3.63, 3.8) is 0 Å². The summed E-state index contributed by atoms with van der Waals surface area (Å²) >= 11 is 0. The number of rotatable bonds is 6. The van der Waals surface area contributed by atoms with Crippen LogP contribution >= 0.6 is 0 Å². The molecule has 1 atom stereocenters. The fraction of sp³-hybridized carbons (Fsp3) is 0.286. The first-order valence-electron chi connectivity index (χ1n) is 8.85. The number of hydrogen-bond acceptors (Lipinski definition) is 4. The largest absolute Gasteiger partial charge is 0.358 e. The van der Waals surface area contributed by atoms with Crippen LogP contribution in [0.1, 0.15) is 27.9 Å². The summed E-state index contributed by atoms with van der Waals surface area (Å²) in [6.45, 7) is 3.53. The molecule has 2 amide bonds. The molecule has 1 aromatic carbocycles. The number of anilines is 1. The number of aromatic nitrogens is 1. The average molecular weight is 362 g/mol. The second kappa shape index (κ2) is 8.37. The molecule has 2 aromatic rings. The Labute approximate surface area is 159 Å². The maximum Gasteiger partial charge on any atom is 0.253 e. The Morgan fingerprint density at radius 2 is 2.07 bits per heavy atom. The topological polar surface area (TPSA) is 74.3 Å². The minimum absolute atomic E-state index is 0.0632. The molecular weight excluding hydrogens is 340 g/mol.